The number of urea groups is 1. The molecule has 5 nitrogen and oxygen atoms in total. The summed E-state index contributed by atoms with van der Waals surface area (Å²) in [5.74, 6) is 0. The quantitative estimate of drug-likeness (QED) is 0.904. The van der Waals surface area contributed by atoms with Crippen LogP contribution in [0.15, 0.2) is 12.4 Å². The van der Waals surface area contributed by atoms with E-state index in [1.54, 1.807) is 6.20 Å². The van der Waals surface area contributed by atoms with Crippen molar-refractivity contribution in [3.8, 4) is 0 Å². The van der Waals surface area contributed by atoms with Gasteiger partial charge in [-0.2, -0.15) is 0 Å². The van der Waals surface area contributed by atoms with Crippen molar-refractivity contribution in [3.63, 3.8) is 0 Å². The largest absolute Gasteiger partial charge is 0.332 e. The van der Waals surface area contributed by atoms with E-state index in [0.29, 0.717) is 22.8 Å². The molecule has 2 heterocycles. The van der Waals surface area contributed by atoms with Gasteiger partial charge in [0.05, 0.1) is 12.2 Å². The Balaban J connectivity index is 1.55. The predicted octanol–water partition coefficient (Wildman–Crippen LogP) is 2.22. The highest BCUT2D eigenvalue weighted by atomic mass is 35.5. The molecule has 0 unspecified atom stereocenters. The molecule has 1 aromatic rings. The van der Waals surface area contributed by atoms with Crippen LogP contribution in [0.25, 0.3) is 0 Å². The Hall–Kier alpha value is -1.36. The first-order valence-electron chi connectivity index (χ1n) is 6.67. The van der Waals surface area contributed by atoms with E-state index in [4.69, 9.17) is 11.6 Å². The monoisotopic (exact) mass is 280 g/mol. The molecule has 1 saturated heterocycles. The van der Waals surface area contributed by atoms with Crippen LogP contribution < -0.4 is 5.32 Å². The Morgan fingerprint density at radius 3 is 2.89 bits per heavy atom. The lowest BCUT2D eigenvalue weighted by Crippen LogP contribution is -2.46. The number of nitrogens with zero attached hydrogens (tertiary/aromatic N) is 3. The number of aromatic nitrogens is 2. The highest BCUT2D eigenvalue weighted by Gasteiger charge is 2.46. The zero-order valence-corrected chi connectivity index (χ0v) is 11.5. The molecule has 2 aliphatic rings. The third kappa shape index (κ3) is 2.81. The maximum atomic E-state index is 12.1. The van der Waals surface area contributed by atoms with Gasteiger partial charge in [0.1, 0.15) is 0 Å². The van der Waals surface area contributed by atoms with Crippen LogP contribution in [-0.2, 0) is 6.54 Å². The number of halogens is 1. The molecule has 102 valence electrons. The summed E-state index contributed by atoms with van der Waals surface area (Å²) in [6.07, 6.45) is 8.04. The summed E-state index contributed by atoms with van der Waals surface area (Å²) in [6.45, 7) is 2.07. The smallest absolute Gasteiger partial charge is 0.317 e. The third-order valence-electron chi connectivity index (χ3n) is 4.04. The first-order valence-corrected chi connectivity index (χ1v) is 7.05. The van der Waals surface area contributed by atoms with E-state index in [0.717, 1.165) is 19.5 Å². The zero-order chi connectivity index (χ0) is 13.3. The molecular formula is C13H17ClN4O. The van der Waals surface area contributed by atoms with Crippen molar-refractivity contribution in [2.75, 3.05) is 13.1 Å². The number of amides is 2. The molecule has 1 saturated carbocycles. The van der Waals surface area contributed by atoms with Gasteiger partial charge < -0.3 is 10.2 Å². The number of carbonyl (C=O) groups is 1. The second kappa shape index (κ2) is 4.96. The Morgan fingerprint density at radius 2 is 2.16 bits per heavy atom. The topological polar surface area (TPSA) is 58.1 Å². The molecular weight excluding hydrogens is 264 g/mol. The minimum absolute atomic E-state index is 0.0207. The lowest BCUT2D eigenvalue weighted by molar-refractivity contribution is 0.158. The van der Waals surface area contributed by atoms with Crippen molar-refractivity contribution in [1.29, 1.82) is 0 Å². The number of hydrogen-bond donors (Lipinski definition) is 1. The van der Waals surface area contributed by atoms with E-state index in [1.165, 1.54) is 25.5 Å². The van der Waals surface area contributed by atoms with Gasteiger partial charge in [0.15, 0.2) is 5.15 Å². The van der Waals surface area contributed by atoms with Crippen LogP contribution in [-0.4, -0.2) is 34.0 Å². The van der Waals surface area contributed by atoms with Crippen molar-refractivity contribution in [3.05, 3.63) is 23.2 Å². The standard InChI is InChI=1S/C13H17ClN4O/c14-11-10(15-5-6-16-11)8-17-12(19)18-7-1-2-13(9-18)3-4-13/h5-6H,1-4,7-9H2,(H,17,19). The Labute approximate surface area is 117 Å². The van der Waals surface area contributed by atoms with E-state index in [1.807, 2.05) is 4.90 Å². The number of carbonyl (C=O) groups excluding carboxylic acids is 1. The van der Waals surface area contributed by atoms with Gasteiger partial charge in [-0.15, -0.1) is 0 Å². The van der Waals surface area contributed by atoms with Crippen LogP contribution in [0.5, 0.6) is 0 Å². The van der Waals surface area contributed by atoms with Gasteiger partial charge >= 0.3 is 6.03 Å². The summed E-state index contributed by atoms with van der Waals surface area (Å²) in [5.41, 5.74) is 1.05. The maximum Gasteiger partial charge on any atom is 0.317 e. The molecule has 2 fully saturated rings. The number of hydrogen-bond acceptors (Lipinski definition) is 3. The summed E-state index contributed by atoms with van der Waals surface area (Å²) in [5, 5.41) is 3.22. The van der Waals surface area contributed by atoms with Gasteiger partial charge in [-0.25, -0.2) is 9.78 Å². The minimum atomic E-state index is -0.0207. The summed E-state index contributed by atoms with van der Waals surface area (Å²) in [7, 11) is 0. The fourth-order valence-electron chi connectivity index (χ4n) is 2.71. The second-order valence-electron chi connectivity index (χ2n) is 5.48. The molecule has 3 rings (SSSR count). The van der Waals surface area contributed by atoms with Crippen LogP contribution in [0.3, 0.4) is 0 Å². The normalized spacial score (nSPS) is 20.4. The van der Waals surface area contributed by atoms with Crippen LogP contribution in [0.2, 0.25) is 5.15 Å². The Kier molecular flexibility index (Phi) is 3.31. The lowest BCUT2D eigenvalue weighted by Gasteiger charge is -2.32. The van der Waals surface area contributed by atoms with E-state index < -0.39 is 0 Å². The SMILES string of the molecule is O=C(NCc1nccnc1Cl)N1CCCC2(CC2)C1. The molecule has 2 amide bonds. The molecule has 1 aromatic heterocycles. The van der Waals surface area contributed by atoms with Gasteiger partial charge in [-0.05, 0) is 31.1 Å². The lowest BCUT2D eigenvalue weighted by atomic mass is 9.95. The number of rotatable bonds is 2. The highest BCUT2D eigenvalue weighted by Crippen LogP contribution is 2.51. The van der Waals surface area contributed by atoms with E-state index >= 15 is 0 Å². The second-order valence-corrected chi connectivity index (χ2v) is 5.84. The summed E-state index contributed by atoms with van der Waals surface area (Å²) < 4.78 is 0. The molecule has 1 aliphatic heterocycles. The van der Waals surface area contributed by atoms with Gasteiger partial charge in [0.2, 0.25) is 0 Å². The van der Waals surface area contributed by atoms with Crippen molar-refractivity contribution in [1.82, 2.24) is 20.2 Å². The van der Waals surface area contributed by atoms with Crippen LogP contribution in [0.1, 0.15) is 31.4 Å². The molecule has 6 heteroatoms. The molecule has 0 radical (unpaired) electrons. The van der Waals surface area contributed by atoms with E-state index in [9.17, 15) is 4.79 Å². The molecule has 19 heavy (non-hydrogen) atoms. The first-order chi connectivity index (χ1) is 9.19. The van der Waals surface area contributed by atoms with Crippen LogP contribution in [0, 0.1) is 5.41 Å². The summed E-state index contributed by atoms with van der Waals surface area (Å²) in [4.78, 5) is 22.1. The summed E-state index contributed by atoms with van der Waals surface area (Å²) >= 11 is 5.91. The summed E-state index contributed by atoms with van der Waals surface area (Å²) in [6, 6.07) is -0.0207. The predicted molar refractivity (Wildman–Crippen MR) is 71.8 cm³/mol. The Bertz CT molecular complexity index is 489. The van der Waals surface area contributed by atoms with Gasteiger partial charge in [-0.1, -0.05) is 11.6 Å². The fourth-order valence-corrected chi connectivity index (χ4v) is 2.88. The molecule has 0 aromatic carbocycles. The van der Waals surface area contributed by atoms with E-state index in [-0.39, 0.29) is 6.03 Å². The van der Waals surface area contributed by atoms with E-state index in [2.05, 4.69) is 15.3 Å². The third-order valence-corrected chi connectivity index (χ3v) is 4.35. The average molecular weight is 281 g/mol. The van der Waals surface area contributed by atoms with Crippen molar-refractivity contribution < 1.29 is 4.79 Å². The van der Waals surface area contributed by atoms with Crippen LogP contribution >= 0.6 is 11.6 Å². The average Bonchev–Trinajstić information content (AvgIpc) is 3.16. The zero-order valence-electron chi connectivity index (χ0n) is 10.7. The minimum Gasteiger partial charge on any atom is -0.332 e. The van der Waals surface area contributed by atoms with Crippen molar-refractivity contribution >= 4 is 17.6 Å². The Morgan fingerprint density at radius 1 is 1.37 bits per heavy atom. The molecule has 0 bridgehead atoms. The van der Waals surface area contributed by atoms with Gasteiger partial charge in [0.25, 0.3) is 0 Å². The van der Waals surface area contributed by atoms with Crippen LogP contribution in [0.4, 0.5) is 4.79 Å². The van der Waals surface area contributed by atoms with Gasteiger partial charge in [-0.3, -0.25) is 4.98 Å². The van der Waals surface area contributed by atoms with Crippen molar-refractivity contribution in [2.24, 2.45) is 5.41 Å². The maximum absolute atomic E-state index is 12.1. The number of piperidine rings is 1. The number of nitrogens with one attached hydrogen (secondary N) is 1. The molecule has 1 spiro atoms. The highest BCUT2D eigenvalue weighted by molar-refractivity contribution is 6.29. The first kappa shape index (κ1) is 12.7. The van der Waals surface area contributed by atoms with Gasteiger partial charge in [0, 0.05) is 25.5 Å². The van der Waals surface area contributed by atoms with Crippen molar-refractivity contribution in [2.45, 2.75) is 32.2 Å². The molecule has 1 N–H and O–H groups in total. The number of likely N-dealkylation sites (tertiary alicyclic amines) is 1. The fraction of sp³-hybridized carbons (Fsp3) is 0.615. The molecule has 0 atom stereocenters. The molecule has 1 aliphatic carbocycles.